The second kappa shape index (κ2) is 14.5. The molecule has 2 heterocycles. The van der Waals surface area contributed by atoms with Gasteiger partial charge in [0.2, 0.25) is 0 Å². The van der Waals surface area contributed by atoms with Crippen LogP contribution in [-0.4, -0.2) is 87.7 Å². The monoisotopic (exact) mass is 587 g/mol. The predicted molar refractivity (Wildman–Crippen MR) is 165 cm³/mol. The fourth-order valence-corrected chi connectivity index (χ4v) is 4.67. The van der Waals surface area contributed by atoms with Gasteiger partial charge in [-0.1, -0.05) is 17.7 Å². The number of piperazine rings is 1. The molecule has 0 radical (unpaired) electrons. The fourth-order valence-electron chi connectivity index (χ4n) is 4.67. The summed E-state index contributed by atoms with van der Waals surface area (Å²) in [5, 5.41) is 3.84. The molecule has 11 heteroatoms. The summed E-state index contributed by atoms with van der Waals surface area (Å²) in [6.45, 7) is 6.02. The number of anilines is 2. The van der Waals surface area contributed by atoms with Crippen LogP contribution in [-0.2, 0) is 9.47 Å². The highest BCUT2D eigenvalue weighted by Gasteiger charge is 2.24. The molecule has 1 N–H and O–H groups in total. The van der Waals surface area contributed by atoms with Crippen molar-refractivity contribution in [1.29, 1.82) is 0 Å². The summed E-state index contributed by atoms with van der Waals surface area (Å²) in [6, 6.07) is 18.9. The number of carbonyl (C=O) groups is 1. The van der Waals surface area contributed by atoms with Crippen LogP contribution in [0.5, 0.6) is 23.0 Å². The quantitative estimate of drug-likeness (QED) is 0.226. The molecule has 5 rings (SSSR count). The van der Waals surface area contributed by atoms with Crippen LogP contribution in [0.4, 0.5) is 16.3 Å². The van der Waals surface area contributed by atoms with Crippen molar-refractivity contribution >= 4 is 28.4 Å². The lowest BCUT2D eigenvalue weighted by molar-refractivity contribution is 0.132. The van der Waals surface area contributed by atoms with Crippen LogP contribution >= 0.6 is 0 Å². The Labute approximate surface area is 251 Å². The van der Waals surface area contributed by atoms with Crippen LogP contribution in [0.1, 0.15) is 5.56 Å². The second-order valence-electron chi connectivity index (χ2n) is 10.0. The first-order valence-electron chi connectivity index (χ1n) is 14.2. The Morgan fingerprint density at radius 3 is 2.02 bits per heavy atom. The molecule has 0 unspecified atom stereocenters. The molecular weight excluding hydrogens is 550 g/mol. The van der Waals surface area contributed by atoms with Crippen molar-refractivity contribution in [2.45, 2.75) is 6.92 Å². The maximum absolute atomic E-state index is 13.0. The largest absolute Gasteiger partial charge is 0.487 e. The van der Waals surface area contributed by atoms with Gasteiger partial charge < -0.3 is 38.8 Å². The maximum atomic E-state index is 13.0. The third-order valence-electron chi connectivity index (χ3n) is 7.00. The van der Waals surface area contributed by atoms with Crippen LogP contribution in [0.2, 0.25) is 0 Å². The Balaban J connectivity index is 1.21. The molecule has 0 spiro atoms. The average Bonchev–Trinajstić information content (AvgIpc) is 3.03. The van der Waals surface area contributed by atoms with Crippen LogP contribution in [0, 0.1) is 6.92 Å². The summed E-state index contributed by atoms with van der Waals surface area (Å²) in [5.41, 5.74) is 2.62. The molecule has 11 nitrogen and oxygen atoms in total. The molecule has 3 aromatic carbocycles. The molecule has 1 aliphatic heterocycles. The number of ether oxygens (including phenoxy) is 5. The molecule has 0 atom stereocenters. The van der Waals surface area contributed by atoms with Crippen molar-refractivity contribution in [3.05, 3.63) is 72.6 Å². The minimum absolute atomic E-state index is 0.147. The van der Waals surface area contributed by atoms with Gasteiger partial charge in [-0.2, -0.15) is 0 Å². The van der Waals surface area contributed by atoms with Gasteiger partial charge in [0.15, 0.2) is 11.5 Å². The van der Waals surface area contributed by atoms with Crippen molar-refractivity contribution in [2.24, 2.45) is 0 Å². The van der Waals surface area contributed by atoms with Gasteiger partial charge in [0.25, 0.3) is 0 Å². The number of nitrogens with zero attached hydrogens (tertiary/aromatic N) is 4. The van der Waals surface area contributed by atoms with E-state index in [-0.39, 0.29) is 6.03 Å². The van der Waals surface area contributed by atoms with Gasteiger partial charge in [-0.15, -0.1) is 0 Å². The number of aromatic nitrogens is 2. The summed E-state index contributed by atoms with van der Waals surface area (Å²) in [5.74, 6) is 3.43. The van der Waals surface area contributed by atoms with E-state index in [1.54, 1.807) is 25.4 Å². The van der Waals surface area contributed by atoms with Crippen LogP contribution in [0.3, 0.4) is 0 Å². The molecule has 43 heavy (non-hydrogen) atoms. The Morgan fingerprint density at radius 2 is 1.40 bits per heavy atom. The van der Waals surface area contributed by atoms with E-state index in [1.165, 1.54) is 5.56 Å². The lowest BCUT2D eigenvalue weighted by Crippen LogP contribution is -2.50. The zero-order chi connectivity index (χ0) is 30.0. The van der Waals surface area contributed by atoms with Crippen molar-refractivity contribution in [2.75, 3.05) is 77.0 Å². The Kier molecular flexibility index (Phi) is 10.1. The lowest BCUT2D eigenvalue weighted by atomic mass is 10.2. The number of benzene rings is 3. The SMILES string of the molecule is COCCOc1cc2ncnc(N3CCN(C(=O)Nc4ccc(Oc5ccc(C)cc5)cc4)CC3)c2cc1OCCOC. The molecule has 1 aliphatic rings. The second-order valence-corrected chi connectivity index (χ2v) is 10.0. The van der Waals surface area contributed by atoms with Gasteiger partial charge >= 0.3 is 6.03 Å². The lowest BCUT2D eigenvalue weighted by Gasteiger charge is -2.35. The summed E-state index contributed by atoms with van der Waals surface area (Å²) in [4.78, 5) is 26.1. The number of urea groups is 1. The number of nitrogens with one attached hydrogen (secondary N) is 1. The van der Waals surface area contributed by atoms with Crippen molar-refractivity contribution < 1.29 is 28.5 Å². The fraction of sp³-hybridized carbons (Fsp3) is 0.344. The van der Waals surface area contributed by atoms with E-state index in [9.17, 15) is 4.79 Å². The highest BCUT2D eigenvalue weighted by Crippen LogP contribution is 2.35. The number of hydrogen-bond acceptors (Lipinski definition) is 9. The number of methoxy groups -OCH3 is 2. The molecular formula is C32H37N5O6. The van der Waals surface area contributed by atoms with Crippen molar-refractivity contribution in [3.63, 3.8) is 0 Å². The Morgan fingerprint density at radius 1 is 0.791 bits per heavy atom. The summed E-state index contributed by atoms with van der Waals surface area (Å²) >= 11 is 0. The zero-order valence-electron chi connectivity index (χ0n) is 24.7. The number of carbonyl (C=O) groups excluding carboxylic acids is 1. The number of amides is 2. The first kappa shape index (κ1) is 29.9. The molecule has 1 saturated heterocycles. The van der Waals surface area contributed by atoms with Gasteiger partial charge in [-0.25, -0.2) is 14.8 Å². The maximum Gasteiger partial charge on any atom is 0.321 e. The van der Waals surface area contributed by atoms with E-state index in [4.69, 9.17) is 23.7 Å². The topological polar surface area (TPSA) is 108 Å². The van der Waals surface area contributed by atoms with E-state index in [2.05, 4.69) is 20.2 Å². The molecule has 0 bridgehead atoms. The standard InChI is InChI=1S/C32H37N5O6/c1-23-4-8-25(9-5-23)43-26-10-6-24(7-11-26)35-32(38)37-14-12-36(13-15-37)31-27-20-29(41-18-16-39-2)30(42-19-17-40-3)21-28(27)33-22-34-31/h4-11,20-22H,12-19H2,1-3H3,(H,35,38). The summed E-state index contributed by atoms with van der Waals surface area (Å²) < 4.78 is 28.0. The summed E-state index contributed by atoms with van der Waals surface area (Å²) in [7, 11) is 3.26. The van der Waals surface area contributed by atoms with Crippen molar-refractivity contribution in [3.8, 4) is 23.0 Å². The molecule has 1 fully saturated rings. The third kappa shape index (κ3) is 7.82. The first-order chi connectivity index (χ1) is 21.0. The van der Waals surface area contributed by atoms with E-state index in [0.29, 0.717) is 75.5 Å². The smallest absolute Gasteiger partial charge is 0.321 e. The molecule has 0 aliphatic carbocycles. The average molecular weight is 588 g/mol. The molecule has 2 amide bonds. The van der Waals surface area contributed by atoms with Gasteiger partial charge in [0.1, 0.15) is 36.9 Å². The Hall–Kier alpha value is -4.61. The van der Waals surface area contributed by atoms with Gasteiger partial charge in [0, 0.05) is 57.5 Å². The number of fused-ring (bicyclic) bond motifs is 1. The van der Waals surface area contributed by atoms with Crippen LogP contribution in [0.25, 0.3) is 10.9 Å². The van der Waals surface area contributed by atoms with Crippen LogP contribution in [0.15, 0.2) is 67.0 Å². The minimum atomic E-state index is -0.147. The highest BCUT2D eigenvalue weighted by atomic mass is 16.5. The molecule has 226 valence electrons. The zero-order valence-corrected chi connectivity index (χ0v) is 24.7. The van der Waals surface area contributed by atoms with E-state index in [0.717, 1.165) is 22.5 Å². The summed E-state index contributed by atoms with van der Waals surface area (Å²) in [6.07, 6.45) is 1.55. The number of hydrogen-bond donors (Lipinski definition) is 1. The normalized spacial score (nSPS) is 13.2. The molecule has 4 aromatic rings. The molecule has 1 aromatic heterocycles. The minimum Gasteiger partial charge on any atom is -0.487 e. The highest BCUT2D eigenvalue weighted by molar-refractivity contribution is 5.92. The number of rotatable bonds is 12. The van der Waals surface area contributed by atoms with E-state index < -0.39 is 0 Å². The van der Waals surface area contributed by atoms with E-state index in [1.807, 2.05) is 67.6 Å². The van der Waals surface area contributed by atoms with Crippen molar-refractivity contribution in [1.82, 2.24) is 14.9 Å². The van der Waals surface area contributed by atoms with Gasteiger partial charge in [-0.05, 0) is 49.4 Å². The number of aryl methyl sites for hydroxylation is 1. The van der Waals surface area contributed by atoms with Gasteiger partial charge in [-0.3, -0.25) is 0 Å². The van der Waals surface area contributed by atoms with Gasteiger partial charge in [0.05, 0.1) is 18.7 Å². The molecule has 0 saturated carbocycles. The van der Waals surface area contributed by atoms with E-state index >= 15 is 0 Å². The first-order valence-corrected chi connectivity index (χ1v) is 14.2. The van der Waals surface area contributed by atoms with Crippen LogP contribution < -0.4 is 24.4 Å². The Bertz CT molecular complexity index is 1490. The third-order valence-corrected chi connectivity index (χ3v) is 7.00. The predicted octanol–water partition coefficient (Wildman–Crippen LogP) is 5.14.